The molecule has 0 aliphatic heterocycles. The standard InChI is InChI=1S/C13H10N2/c1-10-3-2-4-12(7-10)13-8-11(9-14)5-6-15-13/h2-8H,1H3. The van der Waals surface area contributed by atoms with Crippen molar-refractivity contribution in [2.75, 3.05) is 0 Å². The summed E-state index contributed by atoms with van der Waals surface area (Å²) in [7, 11) is 0. The first kappa shape index (κ1) is 9.42. The van der Waals surface area contributed by atoms with Crippen LogP contribution in [0.3, 0.4) is 0 Å². The average molecular weight is 194 g/mol. The van der Waals surface area contributed by atoms with Crippen molar-refractivity contribution in [3.8, 4) is 17.3 Å². The van der Waals surface area contributed by atoms with Gasteiger partial charge in [0.05, 0.1) is 17.3 Å². The molecule has 72 valence electrons. The zero-order valence-corrected chi connectivity index (χ0v) is 8.44. The largest absolute Gasteiger partial charge is 0.256 e. The van der Waals surface area contributed by atoms with Crippen LogP contribution >= 0.6 is 0 Å². The average Bonchev–Trinajstić information content (AvgIpc) is 2.29. The molecule has 0 N–H and O–H groups in total. The van der Waals surface area contributed by atoms with Crippen molar-refractivity contribution in [1.82, 2.24) is 4.98 Å². The summed E-state index contributed by atoms with van der Waals surface area (Å²) in [6, 6.07) is 13.7. The molecule has 2 rings (SSSR count). The quantitative estimate of drug-likeness (QED) is 0.699. The third kappa shape index (κ3) is 2.03. The summed E-state index contributed by atoms with van der Waals surface area (Å²) in [5.41, 5.74) is 3.73. The first-order valence-electron chi connectivity index (χ1n) is 4.73. The highest BCUT2D eigenvalue weighted by atomic mass is 14.7. The van der Waals surface area contributed by atoms with Crippen LogP contribution in [0.1, 0.15) is 11.1 Å². The van der Waals surface area contributed by atoms with Crippen LogP contribution in [0.5, 0.6) is 0 Å². The maximum atomic E-state index is 8.79. The van der Waals surface area contributed by atoms with Gasteiger partial charge in [-0.05, 0) is 25.1 Å². The van der Waals surface area contributed by atoms with Crippen molar-refractivity contribution >= 4 is 0 Å². The van der Waals surface area contributed by atoms with Crippen LogP contribution in [0.25, 0.3) is 11.3 Å². The van der Waals surface area contributed by atoms with Gasteiger partial charge in [0.2, 0.25) is 0 Å². The molecule has 0 saturated carbocycles. The first-order chi connectivity index (χ1) is 7.29. The Morgan fingerprint density at radius 2 is 2.07 bits per heavy atom. The fourth-order valence-electron chi connectivity index (χ4n) is 1.46. The van der Waals surface area contributed by atoms with Gasteiger partial charge in [0.25, 0.3) is 0 Å². The SMILES string of the molecule is Cc1cccc(-c2cc(C#N)ccn2)c1. The minimum absolute atomic E-state index is 0.640. The Bertz CT molecular complexity index is 524. The van der Waals surface area contributed by atoms with Gasteiger partial charge in [0, 0.05) is 11.8 Å². The minimum Gasteiger partial charge on any atom is -0.256 e. The van der Waals surface area contributed by atoms with E-state index in [1.165, 1.54) is 5.56 Å². The van der Waals surface area contributed by atoms with Gasteiger partial charge in [0.1, 0.15) is 0 Å². The molecule has 15 heavy (non-hydrogen) atoms. The van der Waals surface area contributed by atoms with Crippen molar-refractivity contribution in [3.05, 3.63) is 53.7 Å². The third-order valence-corrected chi connectivity index (χ3v) is 2.20. The molecule has 0 fully saturated rings. The van der Waals surface area contributed by atoms with Gasteiger partial charge >= 0.3 is 0 Å². The lowest BCUT2D eigenvalue weighted by Crippen LogP contribution is -1.85. The number of hydrogen-bond acceptors (Lipinski definition) is 2. The minimum atomic E-state index is 0.640. The molecule has 1 aromatic carbocycles. The van der Waals surface area contributed by atoms with Crippen molar-refractivity contribution in [2.45, 2.75) is 6.92 Å². The molecule has 0 spiro atoms. The van der Waals surface area contributed by atoms with Crippen molar-refractivity contribution in [2.24, 2.45) is 0 Å². The van der Waals surface area contributed by atoms with Crippen LogP contribution in [-0.4, -0.2) is 4.98 Å². The lowest BCUT2D eigenvalue weighted by atomic mass is 10.1. The second-order valence-electron chi connectivity index (χ2n) is 3.41. The van der Waals surface area contributed by atoms with E-state index in [0.717, 1.165) is 11.3 Å². The summed E-state index contributed by atoms with van der Waals surface area (Å²) in [6.07, 6.45) is 1.66. The molecule has 1 heterocycles. The lowest BCUT2D eigenvalue weighted by molar-refractivity contribution is 1.30. The molecular weight excluding hydrogens is 184 g/mol. The Labute approximate surface area is 88.8 Å². The highest BCUT2D eigenvalue weighted by molar-refractivity contribution is 5.61. The van der Waals surface area contributed by atoms with E-state index in [9.17, 15) is 0 Å². The number of aryl methyl sites for hydroxylation is 1. The molecule has 0 amide bonds. The number of nitriles is 1. The van der Waals surface area contributed by atoms with Gasteiger partial charge in [-0.2, -0.15) is 5.26 Å². The molecule has 0 radical (unpaired) electrons. The van der Waals surface area contributed by atoms with Gasteiger partial charge in [-0.15, -0.1) is 0 Å². The highest BCUT2D eigenvalue weighted by Crippen LogP contribution is 2.18. The zero-order valence-electron chi connectivity index (χ0n) is 8.44. The Balaban J connectivity index is 2.50. The summed E-state index contributed by atoms with van der Waals surface area (Å²) in [6.45, 7) is 2.04. The van der Waals surface area contributed by atoms with Crippen LogP contribution in [0.2, 0.25) is 0 Å². The van der Waals surface area contributed by atoms with Crippen molar-refractivity contribution in [1.29, 1.82) is 5.26 Å². The van der Waals surface area contributed by atoms with Crippen LogP contribution in [-0.2, 0) is 0 Å². The smallest absolute Gasteiger partial charge is 0.0992 e. The molecule has 1 aromatic heterocycles. The topological polar surface area (TPSA) is 36.7 Å². The van der Waals surface area contributed by atoms with Crippen LogP contribution in [0.4, 0.5) is 0 Å². The van der Waals surface area contributed by atoms with Gasteiger partial charge in [0.15, 0.2) is 0 Å². The molecule has 2 aromatic rings. The van der Waals surface area contributed by atoms with E-state index in [0.29, 0.717) is 5.56 Å². The Hall–Kier alpha value is -2.14. The lowest BCUT2D eigenvalue weighted by Gasteiger charge is -2.01. The van der Waals surface area contributed by atoms with E-state index in [4.69, 9.17) is 5.26 Å². The molecule has 2 nitrogen and oxygen atoms in total. The van der Waals surface area contributed by atoms with Crippen molar-refractivity contribution in [3.63, 3.8) is 0 Å². The number of aromatic nitrogens is 1. The predicted molar refractivity (Wildman–Crippen MR) is 59.1 cm³/mol. The van der Waals surface area contributed by atoms with Crippen molar-refractivity contribution < 1.29 is 0 Å². The van der Waals surface area contributed by atoms with Gasteiger partial charge in [-0.25, -0.2) is 0 Å². The summed E-state index contributed by atoms with van der Waals surface area (Å²) < 4.78 is 0. The maximum absolute atomic E-state index is 8.79. The number of benzene rings is 1. The molecule has 0 aliphatic carbocycles. The predicted octanol–water partition coefficient (Wildman–Crippen LogP) is 2.93. The molecule has 0 bridgehead atoms. The Kier molecular flexibility index (Phi) is 2.47. The first-order valence-corrected chi connectivity index (χ1v) is 4.73. The van der Waals surface area contributed by atoms with E-state index in [1.54, 1.807) is 18.3 Å². The van der Waals surface area contributed by atoms with E-state index in [2.05, 4.69) is 17.1 Å². The highest BCUT2D eigenvalue weighted by Gasteiger charge is 2.00. The monoisotopic (exact) mass is 194 g/mol. The molecule has 0 aliphatic rings. The Morgan fingerprint density at radius 1 is 1.20 bits per heavy atom. The second kappa shape index (κ2) is 3.93. The number of rotatable bonds is 1. The number of hydrogen-bond donors (Lipinski definition) is 0. The molecule has 0 saturated heterocycles. The van der Waals surface area contributed by atoms with Gasteiger partial charge in [-0.1, -0.05) is 23.8 Å². The summed E-state index contributed by atoms with van der Waals surface area (Å²) in [5, 5.41) is 8.79. The molecule has 0 atom stereocenters. The van der Waals surface area contributed by atoms with E-state index in [1.807, 2.05) is 25.1 Å². The van der Waals surface area contributed by atoms with Crippen LogP contribution in [0.15, 0.2) is 42.6 Å². The molecule has 2 heteroatoms. The Morgan fingerprint density at radius 3 is 2.80 bits per heavy atom. The van der Waals surface area contributed by atoms with Crippen LogP contribution in [0, 0.1) is 18.3 Å². The normalized spacial score (nSPS) is 9.60. The molecular formula is C13H10N2. The summed E-state index contributed by atoms with van der Waals surface area (Å²) in [4.78, 5) is 4.25. The van der Waals surface area contributed by atoms with Gasteiger partial charge < -0.3 is 0 Å². The zero-order chi connectivity index (χ0) is 10.7. The summed E-state index contributed by atoms with van der Waals surface area (Å²) in [5.74, 6) is 0. The fourth-order valence-corrected chi connectivity index (χ4v) is 1.46. The second-order valence-corrected chi connectivity index (χ2v) is 3.41. The fraction of sp³-hybridized carbons (Fsp3) is 0.0769. The van der Waals surface area contributed by atoms with E-state index >= 15 is 0 Å². The number of nitrogens with zero attached hydrogens (tertiary/aromatic N) is 2. The van der Waals surface area contributed by atoms with E-state index in [-0.39, 0.29) is 0 Å². The third-order valence-electron chi connectivity index (χ3n) is 2.20. The van der Waals surface area contributed by atoms with E-state index < -0.39 is 0 Å². The van der Waals surface area contributed by atoms with Gasteiger partial charge in [-0.3, -0.25) is 4.98 Å². The summed E-state index contributed by atoms with van der Waals surface area (Å²) >= 11 is 0. The molecule has 0 unspecified atom stereocenters. The maximum Gasteiger partial charge on any atom is 0.0992 e. The number of pyridine rings is 1. The van der Waals surface area contributed by atoms with Crippen LogP contribution < -0.4 is 0 Å².